The van der Waals surface area contributed by atoms with Crippen LogP contribution in [0, 0.1) is 5.92 Å². The standard InChI is InChI=1S/C14H26N2O4S/c1-12(2)7-9-16(3)21(17,18)14-6-5-13(20-14)11-15-8-10-19-4/h5-6,12,15H,7-11H2,1-4H3. The molecular weight excluding hydrogens is 292 g/mol. The minimum atomic E-state index is -3.53. The molecule has 1 aromatic heterocycles. The first-order valence-electron chi connectivity index (χ1n) is 7.12. The molecule has 1 aromatic rings. The van der Waals surface area contributed by atoms with Crippen molar-refractivity contribution in [2.75, 3.05) is 33.9 Å². The van der Waals surface area contributed by atoms with Gasteiger partial charge in [0.2, 0.25) is 5.09 Å². The van der Waals surface area contributed by atoms with Crippen LogP contribution in [-0.2, 0) is 21.3 Å². The number of hydrogen-bond donors (Lipinski definition) is 1. The summed E-state index contributed by atoms with van der Waals surface area (Å²) in [5.74, 6) is 1.06. The van der Waals surface area contributed by atoms with Crippen molar-refractivity contribution < 1.29 is 17.6 Å². The number of rotatable bonds is 10. The molecule has 7 heteroatoms. The molecule has 0 unspecified atom stereocenters. The van der Waals surface area contributed by atoms with Crippen molar-refractivity contribution in [1.82, 2.24) is 9.62 Å². The second-order valence-corrected chi connectivity index (χ2v) is 7.38. The Balaban J connectivity index is 2.61. The summed E-state index contributed by atoms with van der Waals surface area (Å²) in [6, 6.07) is 3.19. The molecule has 0 aliphatic carbocycles. The normalized spacial score (nSPS) is 12.5. The molecule has 21 heavy (non-hydrogen) atoms. The van der Waals surface area contributed by atoms with Crippen molar-refractivity contribution in [1.29, 1.82) is 0 Å². The summed E-state index contributed by atoms with van der Waals surface area (Å²) in [5, 5.41) is 3.11. The van der Waals surface area contributed by atoms with Gasteiger partial charge in [-0.25, -0.2) is 8.42 Å². The predicted molar refractivity (Wildman–Crippen MR) is 81.6 cm³/mol. The van der Waals surface area contributed by atoms with Gasteiger partial charge in [0.05, 0.1) is 13.2 Å². The molecule has 0 bridgehead atoms. The second kappa shape index (κ2) is 8.53. The van der Waals surface area contributed by atoms with E-state index in [1.54, 1.807) is 20.2 Å². The topological polar surface area (TPSA) is 71.8 Å². The fourth-order valence-corrected chi connectivity index (χ4v) is 2.80. The zero-order chi connectivity index (χ0) is 15.9. The van der Waals surface area contributed by atoms with Crippen molar-refractivity contribution in [2.45, 2.75) is 31.9 Å². The lowest BCUT2D eigenvalue weighted by Gasteiger charge is -2.16. The van der Waals surface area contributed by atoms with Crippen LogP contribution in [0.4, 0.5) is 0 Å². The van der Waals surface area contributed by atoms with E-state index in [1.807, 2.05) is 0 Å². The van der Waals surface area contributed by atoms with E-state index in [0.29, 0.717) is 37.9 Å². The van der Waals surface area contributed by atoms with Crippen LogP contribution in [0.25, 0.3) is 0 Å². The van der Waals surface area contributed by atoms with Crippen LogP contribution in [0.2, 0.25) is 0 Å². The first-order valence-corrected chi connectivity index (χ1v) is 8.56. The second-order valence-electron chi connectivity index (χ2n) is 5.40. The van der Waals surface area contributed by atoms with Gasteiger partial charge in [0.1, 0.15) is 5.76 Å². The van der Waals surface area contributed by atoms with E-state index in [1.165, 1.54) is 10.4 Å². The van der Waals surface area contributed by atoms with Crippen LogP contribution in [0.15, 0.2) is 21.6 Å². The lowest BCUT2D eigenvalue weighted by molar-refractivity contribution is 0.198. The quantitative estimate of drug-likeness (QED) is 0.665. The average molecular weight is 318 g/mol. The minimum Gasteiger partial charge on any atom is -0.447 e. The van der Waals surface area contributed by atoms with Gasteiger partial charge in [0.25, 0.3) is 10.0 Å². The first kappa shape index (κ1) is 18.2. The maximum Gasteiger partial charge on any atom is 0.276 e. The van der Waals surface area contributed by atoms with Gasteiger partial charge in [0.15, 0.2) is 0 Å². The van der Waals surface area contributed by atoms with E-state index in [2.05, 4.69) is 19.2 Å². The summed E-state index contributed by atoms with van der Waals surface area (Å²) in [7, 11) is -0.324. The Morgan fingerprint density at radius 3 is 2.71 bits per heavy atom. The predicted octanol–water partition coefficient (Wildman–Crippen LogP) is 1.68. The largest absolute Gasteiger partial charge is 0.447 e. The van der Waals surface area contributed by atoms with Crippen LogP contribution in [0.5, 0.6) is 0 Å². The molecule has 6 nitrogen and oxygen atoms in total. The van der Waals surface area contributed by atoms with E-state index in [4.69, 9.17) is 9.15 Å². The summed E-state index contributed by atoms with van der Waals surface area (Å²) in [6.07, 6.45) is 0.821. The molecule has 0 saturated carbocycles. The average Bonchev–Trinajstić information content (AvgIpc) is 2.90. The Bertz CT molecular complexity index is 511. The van der Waals surface area contributed by atoms with E-state index in [9.17, 15) is 8.42 Å². The highest BCUT2D eigenvalue weighted by Crippen LogP contribution is 2.18. The van der Waals surface area contributed by atoms with Gasteiger partial charge < -0.3 is 14.5 Å². The van der Waals surface area contributed by atoms with Gasteiger partial charge >= 0.3 is 0 Å². The molecule has 0 aromatic carbocycles. The maximum atomic E-state index is 12.3. The smallest absolute Gasteiger partial charge is 0.276 e. The fraction of sp³-hybridized carbons (Fsp3) is 0.714. The summed E-state index contributed by atoms with van der Waals surface area (Å²) in [4.78, 5) is 0. The van der Waals surface area contributed by atoms with Crippen molar-refractivity contribution in [2.24, 2.45) is 5.92 Å². The summed E-state index contributed by atoms with van der Waals surface area (Å²) in [6.45, 7) is 6.39. The van der Waals surface area contributed by atoms with Crippen LogP contribution >= 0.6 is 0 Å². The highest BCUT2D eigenvalue weighted by Gasteiger charge is 2.24. The van der Waals surface area contributed by atoms with Gasteiger partial charge in [-0.3, -0.25) is 0 Å². The number of hydrogen-bond acceptors (Lipinski definition) is 5. The molecule has 0 atom stereocenters. The number of sulfonamides is 1. The Hall–Kier alpha value is -0.890. The first-order chi connectivity index (χ1) is 9.87. The van der Waals surface area contributed by atoms with E-state index in [0.717, 1.165) is 6.42 Å². The van der Waals surface area contributed by atoms with Crippen LogP contribution in [-0.4, -0.2) is 46.6 Å². The van der Waals surface area contributed by atoms with E-state index < -0.39 is 10.0 Å². The number of ether oxygens (including phenoxy) is 1. The lowest BCUT2D eigenvalue weighted by atomic mass is 10.1. The van der Waals surface area contributed by atoms with Crippen LogP contribution in [0.3, 0.4) is 0 Å². The van der Waals surface area contributed by atoms with E-state index in [-0.39, 0.29) is 5.09 Å². The Labute approximate surface area is 127 Å². The molecule has 1 N–H and O–H groups in total. The summed E-state index contributed by atoms with van der Waals surface area (Å²) in [5.41, 5.74) is 0. The Kier molecular flexibility index (Phi) is 7.37. The highest BCUT2D eigenvalue weighted by atomic mass is 32.2. The maximum absolute atomic E-state index is 12.3. The Morgan fingerprint density at radius 1 is 1.38 bits per heavy atom. The van der Waals surface area contributed by atoms with Gasteiger partial charge in [-0.15, -0.1) is 0 Å². The summed E-state index contributed by atoms with van der Waals surface area (Å²) < 4.78 is 36.3. The monoisotopic (exact) mass is 318 g/mol. The molecule has 0 aliphatic heterocycles. The molecule has 122 valence electrons. The zero-order valence-corrected chi connectivity index (χ0v) is 14.1. The van der Waals surface area contributed by atoms with Crippen LogP contribution in [0.1, 0.15) is 26.0 Å². The molecule has 1 rings (SSSR count). The molecule has 0 fully saturated rings. The molecule has 0 aliphatic rings. The van der Waals surface area contributed by atoms with E-state index >= 15 is 0 Å². The molecule has 0 amide bonds. The lowest BCUT2D eigenvalue weighted by Crippen LogP contribution is -2.28. The van der Waals surface area contributed by atoms with Gasteiger partial charge in [-0.2, -0.15) is 4.31 Å². The Morgan fingerprint density at radius 2 is 2.10 bits per heavy atom. The minimum absolute atomic E-state index is 0.00250. The van der Waals surface area contributed by atoms with Crippen molar-refractivity contribution in [3.05, 3.63) is 17.9 Å². The zero-order valence-electron chi connectivity index (χ0n) is 13.3. The van der Waals surface area contributed by atoms with Gasteiger partial charge in [0, 0.05) is 27.2 Å². The van der Waals surface area contributed by atoms with Gasteiger partial charge in [-0.1, -0.05) is 13.8 Å². The van der Waals surface area contributed by atoms with Crippen molar-refractivity contribution in [3.8, 4) is 0 Å². The summed E-state index contributed by atoms with van der Waals surface area (Å²) >= 11 is 0. The molecule has 0 radical (unpaired) electrons. The molecule has 0 spiro atoms. The third-order valence-corrected chi connectivity index (χ3v) is 4.84. The fourth-order valence-electron chi connectivity index (χ4n) is 1.69. The molecular formula is C14H26N2O4S. The number of nitrogens with one attached hydrogen (secondary N) is 1. The molecule has 1 heterocycles. The van der Waals surface area contributed by atoms with Crippen LogP contribution < -0.4 is 5.32 Å². The van der Waals surface area contributed by atoms with Crippen molar-refractivity contribution >= 4 is 10.0 Å². The van der Waals surface area contributed by atoms with Gasteiger partial charge in [-0.05, 0) is 24.5 Å². The number of furan rings is 1. The number of nitrogens with zero attached hydrogens (tertiary/aromatic N) is 1. The molecule has 0 saturated heterocycles. The number of methoxy groups -OCH3 is 1. The third kappa shape index (κ3) is 5.78. The highest BCUT2D eigenvalue weighted by molar-refractivity contribution is 7.89. The SMILES string of the molecule is COCCNCc1ccc(S(=O)(=O)N(C)CCC(C)C)o1. The third-order valence-electron chi connectivity index (χ3n) is 3.11. The van der Waals surface area contributed by atoms with Crippen molar-refractivity contribution in [3.63, 3.8) is 0 Å².